The molecule has 1 aromatic carbocycles. The summed E-state index contributed by atoms with van der Waals surface area (Å²) in [5, 5.41) is 3.55. The van der Waals surface area contributed by atoms with Crippen LogP contribution in [0, 0.1) is 6.92 Å². The first kappa shape index (κ1) is 15.6. The third-order valence-electron chi connectivity index (χ3n) is 3.79. The largest absolute Gasteiger partial charge is 0.496 e. The summed E-state index contributed by atoms with van der Waals surface area (Å²) in [6, 6.07) is 11.0. The summed E-state index contributed by atoms with van der Waals surface area (Å²) in [4.78, 5) is 0. The molecular formula is C18H26N2O. The molecule has 0 fully saturated rings. The number of hydrogen-bond acceptors (Lipinski definition) is 2. The van der Waals surface area contributed by atoms with E-state index >= 15 is 0 Å². The number of aryl methyl sites for hydroxylation is 1. The van der Waals surface area contributed by atoms with Gasteiger partial charge >= 0.3 is 0 Å². The summed E-state index contributed by atoms with van der Waals surface area (Å²) >= 11 is 0. The van der Waals surface area contributed by atoms with Crippen LogP contribution in [-0.4, -0.2) is 18.2 Å². The zero-order chi connectivity index (χ0) is 15.2. The van der Waals surface area contributed by atoms with Crippen molar-refractivity contribution in [1.29, 1.82) is 0 Å². The summed E-state index contributed by atoms with van der Waals surface area (Å²) in [5.41, 5.74) is 3.79. The predicted octanol–water partition coefficient (Wildman–Crippen LogP) is 3.91. The summed E-state index contributed by atoms with van der Waals surface area (Å²) in [7, 11) is 1.73. The highest BCUT2D eigenvalue weighted by Gasteiger charge is 2.11. The van der Waals surface area contributed by atoms with Gasteiger partial charge in [0.1, 0.15) is 5.75 Å². The van der Waals surface area contributed by atoms with Gasteiger partial charge in [0.05, 0.1) is 13.7 Å². The van der Waals surface area contributed by atoms with Gasteiger partial charge in [-0.1, -0.05) is 24.6 Å². The van der Waals surface area contributed by atoms with Crippen molar-refractivity contribution in [2.24, 2.45) is 0 Å². The molecule has 21 heavy (non-hydrogen) atoms. The van der Waals surface area contributed by atoms with E-state index in [1.807, 2.05) is 6.07 Å². The average molecular weight is 286 g/mol. The Kier molecular flexibility index (Phi) is 5.45. The van der Waals surface area contributed by atoms with Gasteiger partial charge < -0.3 is 14.6 Å². The van der Waals surface area contributed by atoms with Crippen molar-refractivity contribution in [2.75, 3.05) is 13.7 Å². The summed E-state index contributed by atoms with van der Waals surface area (Å²) in [5.74, 6) is 0.953. The Morgan fingerprint density at radius 1 is 1.29 bits per heavy atom. The maximum Gasteiger partial charge on any atom is 0.123 e. The van der Waals surface area contributed by atoms with Crippen molar-refractivity contribution in [3.05, 3.63) is 53.3 Å². The van der Waals surface area contributed by atoms with Crippen LogP contribution in [0.5, 0.6) is 5.75 Å². The van der Waals surface area contributed by atoms with Gasteiger partial charge in [0.15, 0.2) is 0 Å². The highest BCUT2D eigenvalue weighted by Crippen LogP contribution is 2.23. The quantitative estimate of drug-likeness (QED) is 0.835. The van der Waals surface area contributed by atoms with Crippen LogP contribution in [0.4, 0.5) is 0 Å². The van der Waals surface area contributed by atoms with Gasteiger partial charge in [0, 0.05) is 23.5 Å². The van der Waals surface area contributed by atoms with Gasteiger partial charge in [0.2, 0.25) is 0 Å². The molecule has 1 N–H and O–H groups in total. The smallest absolute Gasteiger partial charge is 0.123 e. The summed E-state index contributed by atoms with van der Waals surface area (Å²) in [6.07, 6.45) is 3.29. The fraction of sp³-hybridized carbons (Fsp3) is 0.444. The van der Waals surface area contributed by atoms with Crippen molar-refractivity contribution in [2.45, 2.75) is 39.8 Å². The van der Waals surface area contributed by atoms with E-state index in [0.29, 0.717) is 6.04 Å². The molecule has 2 rings (SSSR count). The summed E-state index contributed by atoms with van der Waals surface area (Å²) in [6.45, 7) is 8.40. The van der Waals surface area contributed by atoms with Gasteiger partial charge in [-0.2, -0.15) is 0 Å². The van der Waals surface area contributed by atoms with Crippen molar-refractivity contribution >= 4 is 0 Å². The summed E-state index contributed by atoms with van der Waals surface area (Å²) < 4.78 is 7.78. The zero-order valence-electron chi connectivity index (χ0n) is 13.5. The monoisotopic (exact) mass is 286 g/mol. The molecular weight excluding hydrogens is 260 g/mol. The molecule has 0 radical (unpaired) electrons. The molecule has 3 nitrogen and oxygen atoms in total. The van der Waals surface area contributed by atoms with Crippen LogP contribution in [-0.2, 0) is 6.54 Å². The molecule has 1 unspecified atom stereocenters. The highest BCUT2D eigenvalue weighted by molar-refractivity contribution is 5.37. The third kappa shape index (κ3) is 3.88. The molecule has 1 heterocycles. The molecule has 2 aromatic rings. The van der Waals surface area contributed by atoms with E-state index < -0.39 is 0 Å². The number of ether oxygens (including phenoxy) is 1. The molecule has 0 saturated heterocycles. The van der Waals surface area contributed by atoms with Crippen LogP contribution in [0.3, 0.4) is 0 Å². The van der Waals surface area contributed by atoms with Gasteiger partial charge in [-0.25, -0.2) is 0 Å². The molecule has 0 bridgehead atoms. The normalized spacial score (nSPS) is 12.4. The lowest BCUT2D eigenvalue weighted by Gasteiger charge is -2.18. The Labute approximate surface area is 127 Å². The number of benzene rings is 1. The first-order valence-electron chi connectivity index (χ1n) is 7.67. The highest BCUT2D eigenvalue weighted by atomic mass is 16.5. The molecule has 1 atom stereocenters. The maximum atomic E-state index is 5.49. The fourth-order valence-corrected chi connectivity index (χ4v) is 2.64. The van der Waals surface area contributed by atoms with E-state index in [1.165, 1.54) is 16.8 Å². The average Bonchev–Trinajstić information content (AvgIpc) is 2.93. The Hall–Kier alpha value is -1.74. The Morgan fingerprint density at radius 2 is 2.10 bits per heavy atom. The van der Waals surface area contributed by atoms with E-state index in [1.54, 1.807) is 7.11 Å². The molecule has 1 aromatic heterocycles. The standard InChI is InChI=1S/C18H26N2O/c1-5-10-19-15(3)17-7-6-11-20(17)13-16-12-14(2)8-9-18(16)21-4/h6-9,11-12,15,19H,5,10,13H2,1-4H3. The van der Waals surface area contributed by atoms with Crippen LogP contribution in [0.1, 0.15) is 43.1 Å². The number of methoxy groups -OCH3 is 1. The van der Waals surface area contributed by atoms with Crippen molar-refractivity contribution < 1.29 is 4.74 Å². The van der Waals surface area contributed by atoms with Gasteiger partial charge in [-0.3, -0.25) is 0 Å². The molecule has 0 aliphatic rings. The Bertz CT molecular complexity index is 574. The van der Waals surface area contributed by atoms with Crippen LogP contribution >= 0.6 is 0 Å². The number of nitrogens with zero attached hydrogens (tertiary/aromatic N) is 1. The second-order valence-corrected chi connectivity index (χ2v) is 5.55. The number of rotatable bonds is 7. The number of nitrogens with one attached hydrogen (secondary N) is 1. The Morgan fingerprint density at radius 3 is 2.81 bits per heavy atom. The van der Waals surface area contributed by atoms with Crippen molar-refractivity contribution in [3.8, 4) is 5.75 Å². The molecule has 0 amide bonds. The molecule has 0 saturated carbocycles. The van der Waals surface area contributed by atoms with E-state index in [4.69, 9.17) is 4.74 Å². The molecule has 0 aliphatic heterocycles. The van der Waals surface area contributed by atoms with Crippen LogP contribution in [0.2, 0.25) is 0 Å². The first-order chi connectivity index (χ1) is 10.2. The van der Waals surface area contributed by atoms with Gasteiger partial charge in [-0.15, -0.1) is 0 Å². The second-order valence-electron chi connectivity index (χ2n) is 5.55. The van der Waals surface area contributed by atoms with Crippen LogP contribution in [0.15, 0.2) is 36.5 Å². The minimum atomic E-state index is 0.357. The molecule has 0 spiro atoms. The van der Waals surface area contributed by atoms with E-state index in [0.717, 1.165) is 25.3 Å². The lowest BCUT2D eigenvalue weighted by atomic mass is 10.1. The Balaban J connectivity index is 2.21. The minimum absolute atomic E-state index is 0.357. The topological polar surface area (TPSA) is 26.2 Å². The zero-order valence-corrected chi connectivity index (χ0v) is 13.5. The molecule has 0 aliphatic carbocycles. The first-order valence-corrected chi connectivity index (χ1v) is 7.67. The molecule has 114 valence electrons. The minimum Gasteiger partial charge on any atom is -0.496 e. The van der Waals surface area contributed by atoms with E-state index in [2.05, 4.69) is 61.1 Å². The fourth-order valence-electron chi connectivity index (χ4n) is 2.64. The number of aromatic nitrogens is 1. The van der Waals surface area contributed by atoms with Crippen LogP contribution < -0.4 is 10.1 Å². The second kappa shape index (κ2) is 7.32. The predicted molar refractivity (Wildman–Crippen MR) is 88.0 cm³/mol. The maximum absolute atomic E-state index is 5.49. The van der Waals surface area contributed by atoms with Crippen molar-refractivity contribution in [1.82, 2.24) is 9.88 Å². The molecule has 3 heteroatoms. The third-order valence-corrected chi connectivity index (χ3v) is 3.79. The van der Waals surface area contributed by atoms with Crippen LogP contribution in [0.25, 0.3) is 0 Å². The number of hydrogen-bond donors (Lipinski definition) is 1. The van der Waals surface area contributed by atoms with Crippen molar-refractivity contribution in [3.63, 3.8) is 0 Å². The lowest BCUT2D eigenvalue weighted by Crippen LogP contribution is -2.22. The van der Waals surface area contributed by atoms with E-state index in [9.17, 15) is 0 Å². The SMILES string of the molecule is CCCNC(C)c1cccn1Cc1cc(C)ccc1OC. The van der Waals surface area contributed by atoms with Gasteiger partial charge in [-0.05, 0) is 45.0 Å². The lowest BCUT2D eigenvalue weighted by molar-refractivity contribution is 0.407. The van der Waals surface area contributed by atoms with E-state index in [-0.39, 0.29) is 0 Å². The van der Waals surface area contributed by atoms with Gasteiger partial charge in [0.25, 0.3) is 0 Å².